The fraction of sp³-hybridized carbons (Fsp3) is 0.333. The van der Waals surface area contributed by atoms with Gasteiger partial charge in [0.25, 0.3) is 0 Å². The fourth-order valence-electron chi connectivity index (χ4n) is 4.86. The molecule has 3 aliphatic carbocycles. The van der Waals surface area contributed by atoms with Crippen molar-refractivity contribution >= 4 is 24.3 Å². The van der Waals surface area contributed by atoms with Gasteiger partial charge in [-0.25, -0.2) is 9.59 Å². The van der Waals surface area contributed by atoms with E-state index in [-0.39, 0.29) is 17.8 Å². The Morgan fingerprint density at radius 3 is 1.97 bits per heavy atom. The summed E-state index contributed by atoms with van der Waals surface area (Å²) < 4.78 is 0. The summed E-state index contributed by atoms with van der Waals surface area (Å²) in [5.74, 6) is -1.89. The van der Waals surface area contributed by atoms with Crippen molar-refractivity contribution in [2.75, 3.05) is 13.6 Å². The second-order valence-electron chi connectivity index (χ2n) is 7.56. The predicted molar refractivity (Wildman–Crippen MR) is 120 cm³/mol. The van der Waals surface area contributed by atoms with Crippen molar-refractivity contribution < 1.29 is 19.8 Å². The van der Waals surface area contributed by atoms with Crippen LogP contribution < -0.4 is 5.32 Å². The van der Waals surface area contributed by atoms with Crippen molar-refractivity contribution in [1.29, 1.82) is 0 Å². The van der Waals surface area contributed by atoms with Gasteiger partial charge in [0.15, 0.2) is 0 Å². The zero-order chi connectivity index (χ0) is 20.9. The average molecular weight is 430 g/mol. The van der Waals surface area contributed by atoms with Crippen LogP contribution in [0.25, 0.3) is 0 Å². The summed E-state index contributed by atoms with van der Waals surface area (Å²) in [6, 6.07) is 18.4. The van der Waals surface area contributed by atoms with Gasteiger partial charge in [0.2, 0.25) is 0 Å². The number of halogens is 1. The minimum absolute atomic E-state index is 0. The van der Waals surface area contributed by atoms with Gasteiger partial charge in [-0.05, 0) is 61.5 Å². The van der Waals surface area contributed by atoms with Crippen LogP contribution in [0.2, 0.25) is 0 Å². The number of benzene rings is 2. The summed E-state index contributed by atoms with van der Waals surface area (Å²) in [5, 5.41) is 18.9. The molecule has 5 rings (SSSR count). The van der Waals surface area contributed by atoms with Crippen LogP contribution in [0.4, 0.5) is 0 Å². The van der Waals surface area contributed by atoms with Gasteiger partial charge < -0.3 is 15.5 Å². The highest BCUT2D eigenvalue weighted by molar-refractivity contribution is 5.89. The molecule has 0 saturated heterocycles. The van der Waals surface area contributed by atoms with Gasteiger partial charge in [0.1, 0.15) is 0 Å². The van der Waals surface area contributed by atoms with Crippen molar-refractivity contribution in [1.82, 2.24) is 5.32 Å². The highest BCUT2D eigenvalue weighted by Gasteiger charge is 2.47. The van der Waals surface area contributed by atoms with Gasteiger partial charge in [0, 0.05) is 23.5 Å². The molecule has 0 aromatic heterocycles. The topological polar surface area (TPSA) is 86.6 Å². The highest BCUT2D eigenvalue weighted by atomic mass is 35.5. The molecule has 0 aliphatic heterocycles. The summed E-state index contributed by atoms with van der Waals surface area (Å²) in [5.41, 5.74) is 6.66. The van der Waals surface area contributed by atoms with Gasteiger partial charge in [-0.2, -0.15) is 0 Å². The molecule has 30 heavy (non-hydrogen) atoms. The maximum atomic E-state index is 9.55. The van der Waals surface area contributed by atoms with E-state index < -0.39 is 11.9 Å². The van der Waals surface area contributed by atoms with E-state index in [9.17, 15) is 9.59 Å². The van der Waals surface area contributed by atoms with Gasteiger partial charge in [-0.15, -0.1) is 12.4 Å². The normalized spacial score (nSPS) is 20.4. The largest absolute Gasteiger partial charge is 0.478 e. The van der Waals surface area contributed by atoms with E-state index in [0.717, 1.165) is 6.54 Å². The molecule has 0 fully saturated rings. The molecule has 6 heteroatoms. The third-order valence-electron chi connectivity index (χ3n) is 5.96. The second-order valence-corrected chi connectivity index (χ2v) is 7.56. The number of carbonyl (C=O) groups is 2. The Morgan fingerprint density at radius 1 is 1.00 bits per heavy atom. The quantitative estimate of drug-likeness (QED) is 0.469. The summed E-state index contributed by atoms with van der Waals surface area (Å²) >= 11 is 0. The van der Waals surface area contributed by atoms with Crippen LogP contribution in [-0.2, 0) is 15.0 Å². The molecule has 2 aromatic carbocycles. The van der Waals surface area contributed by atoms with E-state index in [4.69, 9.17) is 10.2 Å². The molecule has 3 aliphatic rings. The van der Waals surface area contributed by atoms with Crippen molar-refractivity contribution in [2.24, 2.45) is 0 Å². The van der Waals surface area contributed by atoms with Crippen LogP contribution in [0.3, 0.4) is 0 Å². The first-order valence-electron chi connectivity index (χ1n) is 9.97. The monoisotopic (exact) mass is 429 g/mol. The number of carboxylic acids is 2. The predicted octanol–water partition coefficient (Wildman–Crippen LogP) is 4.35. The van der Waals surface area contributed by atoms with Crippen molar-refractivity contribution in [2.45, 2.75) is 37.0 Å². The molecule has 0 unspecified atom stereocenters. The number of rotatable bonds is 6. The molecular weight excluding hydrogens is 402 g/mol. The van der Waals surface area contributed by atoms with Gasteiger partial charge in [0.05, 0.1) is 0 Å². The SMILES string of the molecule is CNCCCC12CCC(c3ccccc31)c1ccccc12.Cl.O=C(O)/C=C\C(=O)O. The van der Waals surface area contributed by atoms with Crippen LogP contribution in [0.5, 0.6) is 0 Å². The molecule has 2 bridgehead atoms. The summed E-state index contributed by atoms with van der Waals surface area (Å²) in [6.45, 7) is 1.11. The first-order valence-corrected chi connectivity index (χ1v) is 9.97. The van der Waals surface area contributed by atoms with Crippen LogP contribution in [0.15, 0.2) is 60.7 Å². The van der Waals surface area contributed by atoms with E-state index in [2.05, 4.69) is 60.9 Å². The van der Waals surface area contributed by atoms with E-state index in [0.29, 0.717) is 18.1 Å². The van der Waals surface area contributed by atoms with E-state index >= 15 is 0 Å². The Kier molecular flexibility index (Phi) is 8.21. The van der Waals surface area contributed by atoms with Crippen LogP contribution in [0, 0.1) is 0 Å². The van der Waals surface area contributed by atoms with Crippen molar-refractivity contribution in [3.8, 4) is 0 Å². The van der Waals surface area contributed by atoms with E-state index in [1.807, 2.05) is 0 Å². The average Bonchev–Trinajstić information content (AvgIpc) is 2.74. The first-order chi connectivity index (χ1) is 14.0. The zero-order valence-corrected chi connectivity index (χ0v) is 17.8. The lowest BCUT2D eigenvalue weighted by atomic mass is 9.54. The Labute approximate surface area is 183 Å². The number of hydrogen-bond donors (Lipinski definition) is 3. The number of carboxylic acid groups (broad SMARTS) is 2. The molecule has 0 atom stereocenters. The summed E-state index contributed by atoms with van der Waals surface area (Å²) in [4.78, 5) is 19.1. The van der Waals surface area contributed by atoms with Crippen LogP contribution in [-0.4, -0.2) is 35.7 Å². The second kappa shape index (κ2) is 10.4. The van der Waals surface area contributed by atoms with Crippen LogP contribution in [0.1, 0.15) is 53.9 Å². The van der Waals surface area contributed by atoms with Gasteiger partial charge >= 0.3 is 11.9 Å². The van der Waals surface area contributed by atoms with Gasteiger partial charge in [-0.1, -0.05) is 48.5 Å². The standard InChI is InChI=1S/C20H23N.C4H4O4.ClH/c1-21-14-6-12-20-13-11-15(16-7-2-4-9-18(16)20)17-8-3-5-10-19(17)20;5-3(6)1-2-4(7)8;/h2-5,7-10,15,21H,6,11-14H2,1H3;1-2H,(H,5,6)(H,7,8);1H/b;2-1-;. The number of hydrogen-bond acceptors (Lipinski definition) is 3. The molecule has 0 spiro atoms. The lowest BCUT2D eigenvalue weighted by Crippen LogP contribution is -2.40. The minimum Gasteiger partial charge on any atom is -0.478 e. The van der Waals surface area contributed by atoms with Crippen molar-refractivity contribution in [3.63, 3.8) is 0 Å². The Hall–Kier alpha value is -2.63. The molecule has 2 aromatic rings. The molecule has 0 amide bonds. The van der Waals surface area contributed by atoms with Gasteiger partial charge in [-0.3, -0.25) is 0 Å². The Balaban J connectivity index is 0.000000308. The third kappa shape index (κ3) is 4.74. The maximum Gasteiger partial charge on any atom is 0.328 e. The van der Waals surface area contributed by atoms with Crippen molar-refractivity contribution in [3.05, 3.63) is 82.9 Å². The number of aliphatic carboxylic acids is 2. The fourth-order valence-corrected chi connectivity index (χ4v) is 4.86. The highest BCUT2D eigenvalue weighted by Crippen LogP contribution is 2.57. The Bertz CT molecular complexity index is 861. The molecule has 0 radical (unpaired) electrons. The van der Waals surface area contributed by atoms with E-state index in [1.54, 1.807) is 22.3 Å². The summed E-state index contributed by atoms with van der Waals surface area (Å²) in [7, 11) is 2.05. The molecule has 160 valence electrons. The lowest BCUT2D eigenvalue weighted by Gasteiger charge is -2.50. The number of fused-ring (bicyclic) bond motifs is 1. The zero-order valence-electron chi connectivity index (χ0n) is 17.0. The Morgan fingerprint density at radius 2 is 1.50 bits per heavy atom. The molecule has 5 nitrogen and oxygen atoms in total. The van der Waals surface area contributed by atoms with Crippen LogP contribution >= 0.6 is 12.4 Å². The summed E-state index contributed by atoms with van der Waals surface area (Å²) in [6.07, 6.45) is 6.24. The lowest BCUT2D eigenvalue weighted by molar-refractivity contribution is -0.134. The smallest absolute Gasteiger partial charge is 0.328 e. The number of nitrogens with one attached hydrogen (secondary N) is 1. The van der Waals surface area contributed by atoms with E-state index in [1.165, 1.54) is 25.7 Å². The maximum absolute atomic E-state index is 9.55. The molecule has 0 heterocycles. The minimum atomic E-state index is -1.26. The first kappa shape index (κ1) is 23.6. The third-order valence-corrected chi connectivity index (χ3v) is 5.96. The molecule has 0 saturated carbocycles. The molecular formula is C24H28ClNO4. The molecule has 3 N–H and O–H groups in total.